The summed E-state index contributed by atoms with van der Waals surface area (Å²) in [6, 6.07) is 13.0. The van der Waals surface area contributed by atoms with Crippen LogP contribution in [0.1, 0.15) is 30.1 Å². The quantitative estimate of drug-likeness (QED) is 0.489. The number of benzene rings is 2. The van der Waals surface area contributed by atoms with Gasteiger partial charge in [0.2, 0.25) is 10.0 Å². The van der Waals surface area contributed by atoms with Crippen molar-refractivity contribution in [1.82, 2.24) is 9.62 Å². The van der Waals surface area contributed by atoms with Crippen molar-refractivity contribution in [1.29, 1.82) is 0 Å². The number of thiocarbonyl (C=S) groups is 1. The molecule has 0 fully saturated rings. The first-order chi connectivity index (χ1) is 13.7. The van der Waals surface area contributed by atoms with Gasteiger partial charge in [0.25, 0.3) is 5.91 Å². The van der Waals surface area contributed by atoms with E-state index in [0.29, 0.717) is 23.6 Å². The molecule has 0 bridgehead atoms. The van der Waals surface area contributed by atoms with Crippen LogP contribution in [0, 0.1) is 0 Å². The maximum Gasteiger partial charge on any atom is 0.257 e. The summed E-state index contributed by atoms with van der Waals surface area (Å²) in [6.45, 7) is 2.68. The van der Waals surface area contributed by atoms with Gasteiger partial charge in [-0.25, -0.2) is 12.7 Å². The maximum atomic E-state index is 12.4. The van der Waals surface area contributed by atoms with E-state index >= 15 is 0 Å². The molecule has 0 aliphatic carbocycles. The summed E-state index contributed by atoms with van der Waals surface area (Å²) >= 11 is 5.18. The lowest BCUT2D eigenvalue weighted by Crippen LogP contribution is -2.34. The fraction of sp³-hybridized carbons (Fsp3) is 0.300. The van der Waals surface area contributed by atoms with Crippen LogP contribution in [-0.2, 0) is 10.0 Å². The average molecular weight is 436 g/mol. The van der Waals surface area contributed by atoms with E-state index in [9.17, 15) is 13.2 Å². The van der Waals surface area contributed by atoms with Crippen LogP contribution in [0.25, 0.3) is 0 Å². The van der Waals surface area contributed by atoms with Gasteiger partial charge in [0.05, 0.1) is 11.5 Å². The second-order valence-electron chi connectivity index (χ2n) is 6.45. The number of unbranched alkanes of at least 4 members (excludes halogenated alkanes) is 1. The molecule has 0 heterocycles. The van der Waals surface area contributed by atoms with Crippen LogP contribution in [0.2, 0.25) is 0 Å². The average Bonchev–Trinajstić information content (AvgIpc) is 2.68. The standard InChI is InChI=1S/C20H25N3O4S2/c1-4-5-13-27-17-8-6-7-15(14-17)19(24)22-20(28)21-16-9-11-18(12-10-16)29(25,26)23(2)3/h6-12,14H,4-5,13H2,1-3H3,(H2,21,22,24,28). The molecule has 0 saturated carbocycles. The van der Waals surface area contributed by atoms with Crippen molar-refractivity contribution in [2.75, 3.05) is 26.0 Å². The number of rotatable bonds is 8. The van der Waals surface area contributed by atoms with Crippen LogP contribution >= 0.6 is 12.2 Å². The van der Waals surface area contributed by atoms with Crippen molar-refractivity contribution >= 4 is 38.9 Å². The Kier molecular flexibility index (Phi) is 8.12. The van der Waals surface area contributed by atoms with Gasteiger partial charge in [0.15, 0.2) is 5.11 Å². The number of anilines is 1. The molecular formula is C20H25N3O4S2. The van der Waals surface area contributed by atoms with Crippen LogP contribution < -0.4 is 15.4 Å². The van der Waals surface area contributed by atoms with E-state index in [1.807, 2.05) is 0 Å². The Morgan fingerprint density at radius 3 is 2.45 bits per heavy atom. The molecule has 1 amide bonds. The number of nitrogens with one attached hydrogen (secondary N) is 2. The molecule has 0 aliphatic rings. The van der Waals surface area contributed by atoms with Crippen molar-refractivity contribution < 1.29 is 17.9 Å². The third-order valence-corrected chi connectivity index (χ3v) is 6.01. The molecular weight excluding hydrogens is 410 g/mol. The van der Waals surface area contributed by atoms with E-state index in [1.54, 1.807) is 36.4 Å². The van der Waals surface area contributed by atoms with E-state index in [0.717, 1.165) is 17.1 Å². The van der Waals surface area contributed by atoms with E-state index in [2.05, 4.69) is 17.6 Å². The number of nitrogens with zero attached hydrogens (tertiary/aromatic N) is 1. The summed E-state index contributed by atoms with van der Waals surface area (Å²) in [5.41, 5.74) is 0.986. The second kappa shape index (κ2) is 10.3. The van der Waals surface area contributed by atoms with Crippen LogP contribution in [0.4, 0.5) is 5.69 Å². The zero-order chi connectivity index (χ0) is 21.4. The van der Waals surface area contributed by atoms with Gasteiger partial charge in [-0.3, -0.25) is 10.1 Å². The summed E-state index contributed by atoms with van der Waals surface area (Å²) in [5.74, 6) is 0.262. The smallest absolute Gasteiger partial charge is 0.257 e. The summed E-state index contributed by atoms with van der Waals surface area (Å²) in [6.07, 6.45) is 1.97. The van der Waals surface area contributed by atoms with Gasteiger partial charge in [-0.05, 0) is 61.1 Å². The molecule has 2 aromatic rings. The normalized spacial score (nSPS) is 11.2. The first kappa shape index (κ1) is 22.8. The van der Waals surface area contributed by atoms with E-state index in [-0.39, 0.29) is 15.9 Å². The van der Waals surface area contributed by atoms with Gasteiger partial charge < -0.3 is 10.1 Å². The highest BCUT2D eigenvalue weighted by atomic mass is 32.2. The molecule has 9 heteroatoms. The van der Waals surface area contributed by atoms with E-state index < -0.39 is 10.0 Å². The van der Waals surface area contributed by atoms with Crippen LogP contribution in [0.3, 0.4) is 0 Å². The molecule has 0 aromatic heterocycles. The predicted octanol–water partition coefficient (Wildman–Crippen LogP) is 3.24. The van der Waals surface area contributed by atoms with Gasteiger partial charge in [-0.2, -0.15) is 0 Å². The van der Waals surface area contributed by atoms with E-state index in [1.165, 1.54) is 26.2 Å². The summed E-state index contributed by atoms with van der Waals surface area (Å²) in [7, 11) is -0.562. The molecule has 2 rings (SSSR count). The van der Waals surface area contributed by atoms with Crippen LogP contribution in [-0.4, -0.2) is 44.4 Å². The minimum atomic E-state index is -3.50. The zero-order valence-corrected chi connectivity index (χ0v) is 18.3. The lowest BCUT2D eigenvalue weighted by atomic mass is 10.2. The van der Waals surface area contributed by atoms with Crippen molar-refractivity contribution in [2.24, 2.45) is 0 Å². The Balaban J connectivity index is 1.97. The Bertz CT molecular complexity index is 958. The highest BCUT2D eigenvalue weighted by Gasteiger charge is 2.16. The Morgan fingerprint density at radius 2 is 1.83 bits per heavy atom. The highest BCUT2D eigenvalue weighted by molar-refractivity contribution is 7.89. The van der Waals surface area contributed by atoms with Crippen molar-refractivity contribution in [3.63, 3.8) is 0 Å². The largest absolute Gasteiger partial charge is 0.494 e. The molecule has 0 unspecified atom stereocenters. The third-order valence-electron chi connectivity index (χ3n) is 3.98. The minimum absolute atomic E-state index is 0.107. The number of hydrogen-bond acceptors (Lipinski definition) is 5. The van der Waals surface area contributed by atoms with Gasteiger partial charge in [0.1, 0.15) is 5.75 Å². The molecule has 0 saturated heterocycles. The Hall–Kier alpha value is -2.49. The van der Waals surface area contributed by atoms with Crippen molar-refractivity contribution in [3.8, 4) is 5.75 Å². The minimum Gasteiger partial charge on any atom is -0.494 e. The number of amides is 1. The molecule has 0 atom stereocenters. The SMILES string of the molecule is CCCCOc1cccc(C(=O)NC(=S)Nc2ccc(S(=O)(=O)N(C)C)cc2)c1. The number of carbonyl (C=O) groups is 1. The molecule has 7 nitrogen and oxygen atoms in total. The predicted molar refractivity (Wildman–Crippen MR) is 118 cm³/mol. The van der Waals surface area contributed by atoms with Crippen LogP contribution in [0.15, 0.2) is 53.4 Å². The Labute approximate surface area is 177 Å². The number of sulfonamides is 1. The molecule has 0 spiro atoms. The maximum absolute atomic E-state index is 12.4. The molecule has 2 N–H and O–H groups in total. The lowest BCUT2D eigenvalue weighted by Gasteiger charge is -2.13. The zero-order valence-electron chi connectivity index (χ0n) is 16.6. The first-order valence-corrected chi connectivity index (χ1v) is 11.0. The highest BCUT2D eigenvalue weighted by Crippen LogP contribution is 2.17. The monoisotopic (exact) mass is 435 g/mol. The fourth-order valence-corrected chi connectivity index (χ4v) is 3.43. The molecule has 2 aromatic carbocycles. The van der Waals surface area contributed by atoms with E-state index in [4.69, 9.17) is 17.0 Å². The second-order valence-corrected chi connectivity index (χ2v) is 9.01. The van der Waals surface area contributed by atoms with Gasteiger partial charge >= 0.3 is 0 Å². The first-order valence-electron chi connectivity index (χ1n) is 9.12. The van der Waals surface area contributed by atoms with Crippen molar-refractivity contribution in [3.05, 3.63) is 54.1 Å². The van der Waals surface area contributed by atoms with Crippen LogP contribution in [0.5, 0.6) is 5.75 Å². The summed E-state index contributed by atoms with van der Waals surface area (Å²) in [5, 5.41) is 5.58. The van der Waals surface area contributed by atoms with Gasteiger partial charge in [-0.1, -0.05) is 19.4 Å². The topological polar surface area (TPSA) is 87.7 Å². The molecule has 0 radical (unpaired) electrons. The van der Waals surface area contributed by atoms with Crippen molar-refractivity contribution in [2.45, 2.75) is 24.7 Å². The number of carbonyl (C=O) groups excluding carboxylic acids is 1. The van der Waals surface area contributed by atoms with Gasteiger partial charge in [0, 0.05) is 25.3 Å². The fourth-order valence-electron chi connectivity index (χ4n) is 2.32. The summed E-state index contributed by atoms with van der Waals surface area (Å²) < 4.78 is 30.9. The van der Waals surface area contributed by atoms with Gasteiger partial charge in [-0.15, -0.1) is 0 Å². The Morgan fingerprint density at radius 1 is 1.14 bits per heavy atom. The lowest BCUT2D eigenvalue weighted by molar-refractivity contribution is 0.0977. The molecule has 156 valence electrons. The third kappa shape index (κ3) is 6.52. The number of hydrogen-bond donors (Lipinski definition) is 2. The molecule has 0 aliphatic heterocycles. The molecule has 29 heavy (non-hydrogen) atoms. The summed E-state index contributed by atoms with van der Waals surface area (Å²) in [4.78, 5) is 12.6. The number of ether oxygens (including phenoxy) is 1.